The zero-order valence-corrected chi connectivity index (χ0v) is 17.2. The molecule has 9 nitrogen and oxygen atoms in total. The third kappa shape index (κ3) is 6.06. The molecule has 1 amide bonds. The number of amides is 1. The minimum atomic E-state index is -3.05. The summed E-state index contributed by atoms with van der Waals surface area (Å²) < 4.78 is 44.8. The number of halogens is 2. The molecule has 0 aromatic heterocycles. The highest BCUT2D eigenvalue weighted by Crippen LogP contribution is 2.32. The van der Waals surface area contributed by atoms with Crippen molar-refractivity contribution >= 4 is 23.3 Å². The molecule has 170 valence electrons. The third-order valence-electron chi connectivity index (χ3n) is 4.21. The summed E-state index contributed by atoms with van der Waals surface area (Å²) in [5, 5.41) is 6.22. The summed E-state index contributed by atoms with van der Waals surface area (Å²) in [5.41, 5.74) is 1.21. The molecule has 0 bridgehead atoms. The number of fused-ring (bicyclic) bond motifs is 1. The Labute approximate surface area is 181 Å². The van der Waals surface area contributed by atoms with Crippen LogP contribution in [0.2, 0.25) is 0 Å². The minimum Gasteiger partial charge on any atom is -0.454 e. The predicted molar refractivity (Wildman–Crippen MR) is 108 cm³/mol. The smallest absolute Gasteiger partial charge is 0.387 e. The number of carbonyl (C=O) groups excluding carboxylic acids is 2. The molecule has 1 heterocycles. The molecule has 2 aromatic rings. The standard InChI is InChI=1S/C21H20F2N2O7/c1-12(14-7-8-17-18(9-14)29-11-28-17)25-30-10-19(26)31-13(2)20(27)24-15-5-3-4-6-16(15)32-21(22)23/h3-9,13,21H,10-11H2,1-2H3,(H,24,27)/b25-12+. The maximum atomic E-state index is 12.5. The molecule has 2 aromatic carbocycles. The number of ether oxygens (including phenoxy) is 4. The lowest BCUT2D eigenvalue weighted by atomic mass is 10.1. The molecule has 0 saturated carbocycles. The molecule has 32 heavy (non-hydrogen) atoms. The van der Waals surface area contributed by atoms with Crippen molar-refractivity contribution in [2.45, 2.75) is 26.6 Å². The average molecular weight is 450 g/mol. The molecule has 3 rings (SSSR count). The number of hydrogen-bond donors (Lipinski definition) is 1. The molecular weight excluding hydrogens is 430 g/mol. The van der Waals surface area contributed by atoms with Gasteiger partial charge in [-0.25, -0.2) is 4.79 Å². The molecule has 0 fully saturated rings. The number of nitrogens with zero attached hydrogens (tertiary/aromatic N) is 1. The second kappa shape index (κ2) is 10.4. The van der Waals surface area contributed by atoms with Crippen molar-refractivity contribution in [2.24, 2.45) is 5.16 Å². The lowest BCUT2D eigenvalue weighted by Crippen LogP contribution is -2.31. The molecule has 1 unspecified atom stereocenters. The SMILES string of the molecule is C/C(=N\OCC(=O)OC(C)C(=O)Nc1ccccc1OC(F)F)c1ccc2c(c1)OCO2. The van der Waals surface area contributed by atoms with Gasteiger partial charge in [0, 0.05) is 5.56 Å². The summed E-state index contributed by atoms with van der Waals surface area (Å²) in [6.07, 6.45) is -1.22. The van der Waals surface area contributed by atoms with Crippen molar-refractivity contribution in [3.8, 4) is 17.2 Å². The van der Waals surface area contributed by atoms with Crippen LogP contribution in [-0.2, 0) is 19.2 Å². The number of benzene rings is 2. The number of anilines is 1. The molecule has 11 heteroatoms. The van der Waals surface area contributed by atoms with Gasteiger partial charge in [0.25, 0.3) is 5.91 Å². The Bertz CT molecular complexity index is 1010. The van der Waals surface area contributed by atoms with Gasteiger partial charge in [0.2, 0.25) is 13.4 Å². The van der Waals surface area contributed by atoms with Crippen molar-refractivity contribution in [1.82, 2.24) is 0 Å². The normalized spacial score (nSPS) is 13.5. The Balaban J connectivity index is 1.48. The molecule has 1 atom stereocenters. The Morgan fingerprint density at radius 3 is 2.69 bits per heavy atom. The first kappa shape index (κ1) is 22.8. The Morgan fingerprint density at radius 1 is 1.16 bits per heavy atom. The van der Waals surface area contributed by atoms with Gasteiger partial charge in [-0.1, -0.05) is 17.3 Å². The molecular formula is C21H20F2N2O7. The van der Waals surface area contributed by atoms with Crippen LogP contribution in [-0.4, -0.2) is 43.7 Å². The summed E-state index contributed by atoms with van der Waals surface area (Å²) in [6.45, 7) is -0.441. The predicted octanol–water partition coefficient (Wildman–Crippen LogP) is 3.33. The molecule has 1 aliphatic rings. The fourth-order valence-corrected chi connectivity index (χ4v) is 2.64. The van der Waals surface area contributed by atoms with Crippen LogP contribution in [0.1, 0.15) is 19.4 Å². The zero-order valence-electron chi connectivity index (χ0n) is 17.2. The van der Waals surface area contributed by atoms with Crippen molar-refractivity contribution in [1.29, 1.82) is 0 Å². The van der Waals surface area contributed by atoms with E-state index in [1.165, 1.54) is 31.2 Å². The van der Waals surface area contributed by atoms with Gasteiger partial charge < -0.3 is 29.1 Å². The summed E-state index contributed by atoms with van der Waals surface area (Å²) in [4.78, 5) is 29.2. The van der Waals surface area contributed by atoms with E-state index in [2.05, 4.69) is 15.2 Å². The highest BCUT2D eigenvalue weighted by Gasteiger charge is 2.20. The lowest BCUT2D eigenvalue weighted by Gasteiger charge is -2.15. The van der Waals surface area contributed by atoms with Gasteiger partial charge >= 0.3 is 12.6 Å². The van der Waals surface area contributed by atoms with E-state index in [1.807, 2.05) is 0 Å². The van der Waals surface area contributed by atoms with Crippen molar-refractivity contribution in [3.05, 3.63) is 48.0 Å². The molecule has 0 spiro atoms. The van der Waals surface area contributed by atoms with Gasteiger partial charge in [0.15, 0.2) is 17.6 Å². The first-order valence-corrected chi connectivity index (χ1v) is 9.44. The van der Waals surface area contributed by atoms with Crippen LogP contribution in [0, 0.1) is 0 Å². The summed E-state index contributed by atoms with van der Waals surface area (Å²) in [7, 11) is 0. The van der Waals surface area contributed by atoms with Crippen LogP contribution in [0.5, 0.6) is 17.2 Å². The quantitative estimate of drug-likeness (QED) is 0.355. The summed E-state index contributed by atoms with van der Waals surface area (Å²) in [5.74, 6) is -0.583. The van der Waals surface area contributed by atoms with E-state index < -0.39 is 31.2 Å². The number of esters is 1. The van der Waals surface area contributed by atoms with Crippen LogP contribution in [0.15, 0.2) is 47.6 Å². The first-order chi connectivity index (χ1) is 15.3. The molecule has 1 N–H and O–H groups in total. The van der Waals surface area contributed by atoms with Crippen LogP contribution in [0.3, 0.4) is 0 Å². The maximum Gasteiger partial charge on any atom is 0.387 e. The van der Waals surface area contributed by atoms with Crippen molar-refractivity contribution < 1.29 is 42.2 Å². The first-order valence-electron chi connectivity index (χ1n) is 9.44. The molecule has 1 aliphatic heterocycles. The Hall–Kier alpha value is -3.89. The van der Waals surface area contributed by atoms with E-state index >= 15 is 0 Å². The van der Waals surface area contributed by atoms with E-state index in [-0.39, 0.29) is 18.2 Å². The third-order valence-corrected chi connectivity index (χ3v) is 4.21. The largest absolute Gasteiger partial charge is 0.454 e. The lowest BCUT2D eigenvalue weighted by molar-refractivity contribution is -0.157. The number of nitrogens with one attached hydrogen (secondary N) is 1. The van der Waals surface area contributed by atoms with Crippen LogP contribution in [0.25, 0.3) is 0 Å². The van der Waals surface area contributed by atoms with Gasteiger partial charge in [0.1, 0.15) is 5.75 Å². The molecule has 0 radical (unpaired) electrons. The van der Waals surface area contributed by atoms with Crippen molar-refractivity contribution in [2.75, 3.05) is 18.7 Å². The second-order valence-electron chi connectivity index (χ2n) is 6.51. The minimum absolute atomic E-state index is 0.0147. The number of para-hydroxylation sites is 2. The highest BCUT2D eigenvalue weighted by atomic mass is 19.3. The van der Waals surface area contributed by atoms with Crippen LogP contribution in [0.4, 0.5) is 14.5 Å². The topological polar surface area (TPSA) is 105 Å². The van der Waals surface area contributed by atoms with E-state index in [4.69, 9.17) is 19.0 Å². The number of alkyl halides is 2. The Kier molecular flexibility index (Phi) is 7.42. The Morgan fingerprint density at radius 2 is 1.91 bits per heavy atom. The number of oxime groups is 1. The number of rotatable bonds is 9. The zero-order chi connectivity index (χ0) is 23.1. The van der Waals surface area contributed by atoms with E-state index in [9.17, 15) is 18.4 Å². The van der Waals surface area contributed by atoms with Gasteiger partial charge in [-0.3, -0.25) is 4.79 Å². The molecule has 0 saturated heterocycles. The van der Waals surface area contributed by atoms with Gasteiger partial charge in [-0.15, -0.1) is 0 Å². The maximum absolute atomic E-state index is 12.5. The van der Waals surface area contributed by atoms with Gasteiger partial charge in [-0.2, -0.15) is 8.78 Å². The fourth-order valence-electron chi connectivity index (χ4n) is 2.64. The second-order valence-corrected chi connectivity index (χ2v) is 6.51. The number of carbonyl (C=O) groups is 2. The fraction of sp³-hybridized carbons (Fsp3) is 0.286. The van der Waals surface area contributed by atoms with E-state index in [1.54, 1.807) is 25.1 Å². The average Bonchev–Trinajstić information content (AvgIpc) is 3.22. The molecule has 0 aliphatic carbocycles. The number of hydrogen-bond acceptors (Lipinski definition) is 8. The van der Waals surface area contributed by atoms with Gasteiger partial charge in [-0.05, 0) is 44.2 Å². The van der Waals surface area contributed by atoms with E-state index in [0.29, 0.717) is 22.8 Å². The highest BCUT2D eigenvalue weighted by molar-refractivity contribution is 5.99. The van der Waals surface area contributed by atoms with E-state index in [0.717, 1.165) is 0 Å². The van der Waals surface area contributed by atoms with Crippen LogP contribution < -0.4 is 19.5 Å². The van der Waals surface area contributed by atoms with Gasteiger partial charge in [0.05, 0.1) is 11.4 Å². The summed E-state index contributed by atoms with van der Waals surface area (Å²) >= 11 is 0. The van der Waals surface area contributed by atoms with Crippen LogP contribution >= 0.6 is 0 Å². The summed E-state index contributed by atoms with van der Waals surface area (Å²) in [6, 6.07) is 10.9. The monoisotopic (exact) mass is 450 g/mol. The van der Waals surface area contributed by atoms with Crippen molar-refractivity contribution in [3.63, 3.8) is 0 Å².